The van der Waals surface area contributed by atoms with Crippen molar-refractivity contribution in [3.05, 3.63) is 70.8 Å². The van der Waals surface area contributed by atoms with Crippen LogP contribution < -0.4 is 0 Å². The largest absolute Gasteiger partial charge is 0.338 e. The van der Waals surface area contributed by atoms with Crippen LogP contribution in [-0.2, 0) is 19.4 Å². The summed E-state index contributed by atoms with van der Waals surface area (Å²) in [5.41, 5.74) is 4.29. The van der Waals surface area contributed by atoms with Crippen molar-refractivity contribution >= 4 is 33.3 Å². The normalized spacial score (nSPS) is 28.2. The molecular formula is C26H29ClN2O4S. The van der Waals surface area contributed by atoms with Crippen LogP contribution in [0.3, 0.4) is 0 Å². The van der Waals surface area contributed by atoms with Crippen LogP contribution in [0.4, 0.5) is 0 Å². The quantitative estimate of drug-likeness (QED) is 0.604. The van der Waals surface area contributed by atoms with Gasteiger partial charge in [-0.1, -0.05) is 54.1 Å². The SMILES string of the molecule is Cc1ccc2c(c1)C(c1ccccc1)CN(C(=O)CCl)C2C1CS(=O)(=O)CC1N1CCCC1=O. The predicted molar refractivity (Wildman–Crippen MR) is 132 cm³/mol. The number of hydrogen-bond donors (Lipinski definition) is 0. The van der Waals surface area contributed by atoms with Gasteiger partial charge < -0.3 is 9.80 Å². The highest BCUT2D eigenvalue weighted by molar-refractivity contribution is 7.91. The number of nitrogens with zero attached hydrogens (tertiary/aromatic N) is 2. The lowest BCUT2D eigenvalue weighted by Crippen LogP contribution is -2.51. The van der Waals surface area contributed by atoms with E-state index < -0.39 is 27.8 Å². The zero-order valence-electron chi connectivity index (χ0n) is 19.2. The molecule has 6 nitrogen and oxygen atoms in total. The number of aryl methyl sites for hydroxylation is 1. The first-order chi connectivity index (χ1) is 16.3. The highest BCUT2D eigenvalue weighted by Gasteiger charge is 2.51. The first-order valence-corrected chi connectivity index (χ1v) is 14.2. The van der Waals surface area contributed by atoms with Crippen LogP contribution in [0.2, 0.25) is 0 Å². The molecule has 2 aromatic rings. The molecule has 0 bridgehead atoms. The van der Waals surface area contributed by atoms with Crippen LogP contribution in [0.1, 0.15) is 47.1 Å². The highest BCUT2D eigenvalue weighted by atomic mass is 35.5. The molecule has 180 valence electrons. The fourth-order valence-corrected chi connectivity index (χ4v) is 8.33. The molecule has 0 spiro atoms. The van der Waals surface area contributed by atoms with Gasteiger partial charge in [0.15, 0.2) is 9.84 Å². The molecule has 2 fully saturated rings. The van der Waals surface area contributed by atoms with Gasteiger partial charge in [-0.05, 0) is 30.0 Å². The van der Waals surface area contributed by atoms with E-state index in [-0.39, 0.29) is 35.1 Å². The smallest absolute Gasteiger partial charge is 0.238 e. The molecule has 2 saturated heterocycles. The monoisotopic (exact) mass is 500 g/mol. The number of sulfone groups is 1. The van der Waals surface area contributed by atoms with Gasteiger partial charge in [-0.2, -0.15) is 0 Å². The fraction of sp³-hybridized carbons (Fsp3) is 0.462. The number of amides is 2. The van der Waals surface area contributed by atoms with Crippen molar-refractivity contribution in [3.63, 3.8) is 0 Å². The fourth-order valence-electron chi connectivity index (χ4n) is 6.11. The average molecular weight is 501 g/mol. The minimum atomic E-state index is -3.35. The molecule has 4 unspecified atom stereocenters. The van der Waals surface area contributed by atoms with E-state index in [2.05, 4.69) is 18.2 Å². The number of likely N-dealkylation sites (tertiary alicyclic amines) is 1. The molecule has 5 rings (SSSR count). The van der Waals surface area contributed by atoms with Crippen LogP contribution in [-0.4, -0.2) is 66.5 Å². The number of benzene rings is 2. The van der Waals surface area contributed by atoms with E-state index in [0.717, 1.165) is 28.7 Å². The Hall–Kier alpha value is -2.38. The lowest BCUT2D eigenvalue weighted by atomic mass is 9.76. The summed E-state index contributed by atoms with van der Waals surface area (Å²) in [7, 11) is -3.35. The molecule has 3 aliphatic rings. The number of halogens is 1. The van der Waals surface area contributed by atoms with Gasteiger partial charge in [0.05, 0.1) is 23.6 Å². The third-order valence-electron chi connectivity index (χ3n) is 7.57. The van der Waals surface area contributed by atoms with Crippen LogP contribution in [0.15, 0.2) is 48.5 Å². The van der Waals surface area contributed by atoms with Crippen LogP contribution >= 0.6 is 11.6 Å². The second-order valence-corrected chi connectivity index (χ2v) is 12.1. The molecular weight excluding hydrogens is 472 g/mol. The zero-order chi connectivity index (χ0) is 24.0. The average Bonchev–Trinajstić information content (AvgIpc) is 3.39. The Morgan fingerprint density at radius 2 is 1.85 bits per heavy atom. The van der Waals surface area contributed by atoms with E-state index in [0.29, 0.717) is 19.5 Å². The van der Waals surface area contributed by atoms with Crippen LogP contribution in [0.25, 0.3) is 0 Å². The molecule has 2 amide bonds. The lowest BCUT2D eigenvalue weighted by molar-refractivity contribution is -0.134. The van der Waals surface area contributed by atoms with E-state index in [9.17, 15) is 18.0 Å². The number of carbonyl (C=O) groups is 2. The number of fused-ring (bicyclic) bond motifs is 1. The third-order valence-corrected chi connectivity index (χ3v) is 9.54. The number of hydrogen-bond acceptors (Lipinski definition) is 4. The summed E-state index contributed by atoms with van der Waals surface area (Å²) in [5, 5.41) is 0. The minimum absolute atomic E-state index is 0.00409. The number of rotatable bonds is 4. The standard InChI is InChI=1S/C26H29ClN2O4S/c1-17-9-10-19-20(12-17)21(18-6-3-2-4-7-18)14-29(25(31)13-27)26(19)22-15-34(32,33)16-23(22)28-11-5-8-24(28)30/h2-4,6-7,9-10,12,21-23,26H,5,8,11,13-16H2,1H3. The lowest BCUT2D eigenvalue weighted by Gasteiger charge is -2.46. The van der Waals surface area contributed by atoms with Gasteiger partial charge in [-0.15, -0.1) is 11.6 Å². The Labute approximate surface area is 205 Å². The van der Waals surface area contributed by atoms with Gasteiger partial charge in [-0.25, -0.2) is 8.42 Å². The Kier molecular flexibility index (Phi) is 6.19. The van der Waals surface area contributed by atoms with Crippen molar-refractivity contribution in [2.75, 3.05) is 30.5 Å². The van der Waals surface area contributed by atoms with E-state index in [1.807, 2.05) is 37.3 Å². The van der Waals surface area contributed by atoms with Crippen molar-refractivity contribution in [3.8, 4) is 0 Å². The van der Waals surface area contributed by atoms with E-state index in [1.165, 1.54) is 0 Å². The van der Waals surface area contributed by atoms with Crippen molar-refractivity contribution < 1.29 is 18.0 Å². The van der Waals surface area contributed by atoms with Gasteiger partial charge in [-0.3, -0.25) is 9.59 Å². The van der Waals surface area contributed by atoms with Crippen molar-refractivity contribution in [2.24, 2.45) is 5.92 Å². The molecule has 4 atom stereocenters. The molecule has 2 aromatic carbocycles. The maximum absolute atomic E-state index is 13.2. The van der Waals surface area contributed by atoms with Gasteiger partial charge in [0.2, 0.25) is 11.8 Å². The summed E-state index contributed by atoms with van der Waals surface area (Å²) >= 11 is 6.07. The Balaban J connectivity index is 1.66. The van der Waals surface area contributed by atoms with Crippen LogP contribution in [0, 0.1) is 12.8 Å². The first kappa shape index (κ1) is 23.4. The maximum Gasteiger partial charge on any atom is 0.238 e. The molecule has 3 aliphatic heterocycles. The summed E-state index contributed by atoms with van der Waals surface area (Å²) in [4.78, 5) is 29.4. The molecule has 0 saturated carbocycles. The maximum atomic E-state index is 13.2. The van der Waals surface area contributed by atoms with Crippen molar-refractivity contribution in [1.82, 2.24) is 9.80 Å². The number of alkyl halides is 1. The second-order valence-electron chi connectivity index (χ2n) is 9.72. The van der Waals surface area contributed by atoms with E-state index in [1.54, 1.807) is 9.80 Å². The molecule has 34 heavy (non-hydrogen) atoms. The predicted octanol–water partition coefficient (Wildman–Crippen LogP) is 3.28. The van der Waals surface area contributed by atoms with Gasteiger partial charge in [0.25, 0.3) is 0 Å². The Morgan fingerprint density at radius 3 is 2.53 bits per heavy atom. The van der Waals surface area contributed by atoms with Crippen molar-refractivity contribution in [1.29, 1.82) is 0 Å². The molecule has 0 N–H and O–H groups in total. The first-order valence-electron chi connectivity index (χ1n) is 11.8. The Morgan fingerprint density at radius 1 is 1.09 bits per heavy atom. The summed E-state index contributed by atoms with van der Waals surface area (Å²) in [6.45, 7) is 3.03. The summed E-state index contributed by atoms with van der Waals surface area (Å²) in [6.07, 6.45) is 1.19. The molecule has 0 aliphatic carbocycles. The summed E-state index contributed by atoms with van der Waals surface area (Å²) in [5.74, 6) is -0.902. The van der Waals surface area contributed by atoms with Crippen LogP contribution in [0.5, 0.6) is 0 Å². The topological polar surface area (TPSA) is 74.8 Å². The third kappa shape index (κ3) is 4.13. The number of carbonyl (C=O) groups excluding carboxylic acids is 2. The second kappa shape index (κ2) is 9.00. The van der Waals surface area contributed by atoms with Crippen molar-refractivity contribution in [2.45, 2.75) is 37.8 Å². The van der Waals surface area contributed by atoms with Gasteiger partial charge in [0, 0.05) is 31.3 Å². The van der Waals surface area contributed by atoms with Gasteiger partial charge in [0.1, 0.15) is 5.88 Å². The summed E-state index contributed by atoms with van der Waals surface area (Å²) in [6, 6.07) is 15.4. The highest BCUT2D eigenvalue weighted by Crippen LogP contribution is 2.47. The van der Waals surface area contributed by atoms with E-state index in [4.69, 9.17) is 11.6 Å². The molecule has 3 heterocycles. The molecule has 8 heteroatoms. The zero-order valence-corrected chi connectivity index (χ0v) is 20.8. The Bertz CT molecular complexity index is 1220. The summed E-state index contributed by atoms with van der Waals surface area (Å²) < 4.78 is 25.8. The minimum Gasteiger partial charge on any atom is -0.338 e. The molecule has 0 radical (unpaired) electrons. The van der Waals surface area contributed by atoms with Gasteiger partial charge >= 0.3 is 0 Å². The molecule has 0 aromatic heterocycles. The van der Waals surface area contributed by atoms with E-state index >= 15 is 0 Å².